The van der Waals surface area contributed by atoms with Crippen LogP contribution in [-0.2, 0) is 11.2 Å². The summed E-state index contributed by atoms with van der Waals surface area (Å²) in [4.78, 5) is 11.5. The smallest absolute Gasteiger partial charge is 0.221 e. The van der Waals surface area contributed by atoms with E-state index in [0.29, 0.717) is 11.8 Å². The van der Waals surface area contributed by atoms with Crippen molar-refractivity contribution in [1.82, 2.24) is 5.32 Å². The van der Waals surface area contributed by atoms with Gasteiger partial charge in [0.2, 0.25) is 5.91 Å². The number of ether oxygens (including phenoxy) is 1. The van der Waals surface area contributed by atoms with Crippen LogP contribution >= 0.6 is 0 Å². The molecule has 152 valence electrons. The molecule has 0 bridgehead atoms. The molecule has 2 heterocycles. The van der Waals surface area contributed by atoms with Crippen LogP contribution in [-0.4, -0.2) is 19.0 Å². The number of carbonyl (C=O) groups excluding carboxylic acids is 1. The highest BCUT2D eigenvalue weighted by Crippen LogP contribution is 2.50. The van der Waals surface area contributed by atoms with E-state index >= 15 is 0 Å². The molecule has 2 aliphatic heterocycles. The molecule has 0 saturated carbocycles. The van der Waals surface area contributed by atoms with Gasteiger partial charge in [-0.15, -0.1) is 0 Å². The number of amides is 1. The van der Waals surface area contributed by atoms with Crippen LogP contribution in [0.1, 0.15) is 35.4 Å². The summed E-state index contributed by atoms with van der Waals surface area (Å²) in [5.41, 5.74) is 11.0. The molecule has 0 radical (unpaired) electrons. The summed E-state index contributed by atoms with van der Waals surface area (Å²) in [6, 6.07) is 22.9. The van der Waals surface area contributed by atoms with Crippen LogP contribution in [0.3, 0.4) is 0 Å². The van der Waals surface area contributed by atoms with Gasteiger partial charge in [-0.05, 0) is 60.7 Å². The molecule has 3 aromatic carbocycles. The van der Waals surface area contributed by atoms with Gasteiger partial charge in [0.05, 0.1) is 6.42 Å². The minimum atomic E-state index is -0.323. The molecule has 1 saturated heterocycles. The Labute approximate surface area is 177 Å². The van der Waals surface area contributed by atoms with Crippen LogP contribution < -0.4 is 15.8 Å². The van der Waals surface area contributed by atoms with Crippen molar-refractivity contribution >= 4 is 5.91 Å². The van der Waals surface area contributed by atoms with Crippen LogP contribution in [0.2, 0.25) is 0 Å². The van der Waals surface area contributed by atoms with E-state index in [4.69, 9.17) is 10.5 Å². The first-order chi connectivity index (χ1) is 14.7. The Hall–Kier alpha value is -3.11. The molecule has 1 atom stereocenters. The van der Waals surface area contributed by atoms with Crippen molar-refractivity contribution in [3.63, 3.8) is 0 Å². The molecule has 3 aromatic rings. The third-order valence-corrected chi connectivity index (χ3v) is 6.37. The Bertz CT molecular complexity index is 1090. The molecule has 4 nitrogen and oxygen atoms in total. The maximum Gasteiger partial charge on any atom is 0.221 e. The predicted octanol–water partition coefficient (Wildman–Crippen LogP) is 4.62. The second kappa shape index (κ2) is 7.96. The molecular weight excluding hydrogens is 372 g/mol. The summed E-state index contributed by atoms with van der Waals surface area (Å²) < 4.78 is 6.37. The van der Waals surface area contributed by atoms with E-state index in [0.717, 1.165) is 41.3 Å². The van der Waals surface area contributed by atoms with Crippen molar-refractivity contribution in [3.8, 4) is 22.6 Å². The Kier molecular flexibility index (Phi) is 5.01. The quantitative estimate of drug-likeness (QED) is 0.674. The lowest BCUT2D eigenvalue weighted by atomic mass is 9.74. The minimum Gasteiger partial charge on any atom is -0.457 e. The normalized spacial score (nSPS) is 18.2. The number of hydrogen-bond acceptors (Lipinski definition) is 3. The topological polar surface area (TPSA) is 64.4 Å². The largest absolute Gasteiger partial charge is 0.457 e. The van der Waals surface area contributed by atoms with E-state index in [-0.39, 0.29) is 12.3 Å². The van der Waals surface area contributed by atoms with E-state index in [1.165, 1.54) is 24.0 Å². The number of hydrogen-bond donors (Lipinski definition) is 2. The highest BCUT2D eigenvalue weighted by atomic mass is 16.5. The van der Waals surface area contributed by atoms with Crippen LogP contribution in [0.25, 0.3) is 11.1 Å². The molecular formula is C26H26N2O2. The first-order valence-corrected chi connectivity index (χ1v) is 10.7. The second-order valence-electron chi connectivity index (χ2n) is 8.26. The summed E-state index contributed by atoms with van der Waals surface area (Å²) in [6.45, 7) is 2.14. The van der Waals surface area contributed by atoms with Gasteiger partial charge >= 0.3 is 0 Å². The Morgan fingerprint density at radius 2 is 1.67 bits per heavy atom. The highest BCUT2D eigenvalue weighted by Gasteiger charge is 2.34. The van der Waals surface area contributed by atoms with E-state index in [9.17, 15) is 4.79 Å². The molecule has 0 spiro atoms. The Balaban J connectivity index is 1.59. The first kappa shape index (κ1) is 18.9. The zero-order valence-corrected chi connectivity index (χ0v) is 16.9. The number of rotatable bonds is 4. The van der Waals surface area contributed by atoms with Gasteiger partial charge in [0.25, 0.3) is 0 Å². The van der Waals surface area contributed by atoms with E-state index < -0.39 is 0 Å². The molecule has 2 aliphatic rings. The number of benzene rings is 3. The Morgan fingerprint density at radius 3 is 2.50 bits per heavy atom. The number of carbonyl (C=O) groups is 1. The third kappa shape index (κ3) is 3.48. The predicted molar refractivity (Wildman–Crippen MR) is 119 cm³/mol. The average Bonchev–Trinajstić information content (AvgIpc) is 2.77. The van der Waals surface area contributed by atoms with Gasteiger partial charge in [-0.25, -0.2) is 0 Å². The van der Waals surface area contributed by atoms with Gasteiger partial charge in [-0.3, -0.25) is 4.79 Å². The highest BCUT2D eigenvalue weighted by molar-refractivity contribution is 5.81. The van der Waals surface area contributed by atoms with Crippen LogP contribution in [0, 0.1) is 5.92 Å². The van der Waals surface area contributed by atoms with E-state index in [2.05, 4.69) is 41.7 Å². The number of piperidine rings is 1. The fourth-order valence-corrected chi connectivity index (χ4v) is 4.99. The fraction of sp³-hybridized carbons (Fsp3) is 0.269. The van der Waals surface area contributed by atoms with E-state index in [1.807, 2.05) is 30.3 Å². The third-order valence-electron chi connectivity index (χ3n) is 6.37. The van der Waals surface area contributed by atoms with Crippen molar-refractivity contribution in [2.75, 3.05) is 13.1 Å². The van der Waals surface area contributed by atoms with Crippen molar-refractivity contribution in [2.45, 2.75) is 25.2 Å². The van der Waals surface area contributed by atoms with Crippen molar-refractivity contribution < 1.29 is 9.53 Å². The van der Waals surface area contributed by atoms with Gasteiger partial charge in [0, 0.05) is 17.0 Å². The molecule has 5 rings (SSSR count). The zero-order valence-electron chi connectivity index (χ0n) is 16.9. The van der Waals surface area contributed by atoms with Crippen molar-refractivity contribution in [2.24, 2.45) is 11.7 Å². The van der Waals surface area contributed by atoms with E-state index in [1.54, 1.807) is 0 Å². The molecule has 3 N–H and O–H groups in total. The number of fused-ring (bicyclic) bond motifs is 2. The first-order valence-electron chi connectivity index (χ1n) is 10.7. The molecule has 0 aromatic heterocycles. The molecule has 0 aliphatic carbocycles. The number of para-hydroxylation sites is 1. The van der Waals surface area contributed by atoms with Gasteiger partial charge in [-0.2, -0.15) is 0 Å². The summed E-state index contributed by atoms with van der Waals surface area (Å²) in [5, 5.41) is 3.49. The van der Waals surface area contributed by atoms with Crippen LogP contribution in [0.5, 0.6) is 11.5 Å². The molecule has 4 heteroatoms. The lowest BCUT2D eigenvalue weighted by molar-refractivity contribution is -0.117. The van der Waals surface area contributed by atoms with Crippen LogP contribution in [0.15, 0.2) is 66.7 Å². The summed E-state index contributed by atoms with van der Waals surface area (Å²) in [6.07, 6.45) is 2.57. The van der Waals surface area contributed by atoms with Gasteiger partial charge in [0.15, 0.2) is 0 Å². The van der Waals surface area contributed by atoms with Gasteiger partial charge < -0.3 is 15.8 Å². The maximum atomic E-state index is 11.5. The molecule has 30 heavy (non-hydrogen) atoms. The van der Waals surface area contributed by atoms with Gasteiger partial charge in [-0.1, -0.05) is 54.6 Å². The standard InChI is InChI=1S/C26H26N2O2/c27-25(29)16-18-5-1-2-6-20(18)19-9-10-22-24(15-19)30-23-8-4-3-7-21(23)26(22)17-11-13-28-14-12-17/h1-10,15,17,26,28H,11-14,16H2,(H2,27,29). The monoisotopic (exact) mass is 398 g/mol. The molecule has 1 fully saturated rings. The molecule has 1 unspecified atom stereocenters. The zero-order chi connectivity index (χ0) is 20.5. The summed E-state index contributed by atoms with van der Waals surface area (Å²) in [7, 11) is 0. The second-order valence-corrected chi connectivity index (χ2v) is 8.26. The van der Waals surface area contributed by atoms with Crippen LogP contribution in [0.4, 0.5) is 0 Å². The maximum absolute atomic E-state index is 11.5. The van der Waals surface area contributed by atoms with Gasteiger partial charge in [0.1, 0.15) is 11.5 Å². The summed E-state index contributed by atoms with van der Waals surface area (Å²) in [5.74, 6) is 2.50. The SMILES string of the molecule is NC(=O)Cc1ccccc1-c1ccc2c(c1)Oc1ccccc1C2C1CCNCC1. The Morgan fingerprint density at radius 1 is 0.933 bits per heavy atom. The van der Waals surface area contributed by atoms with Crippen molar-refractivity contribution in [3.05, 3.63) is 83.4 Å². The minimum absolute atomic E-state index is 0.231. The van der Waals surface area contributed by atoms with Crippen molar-refractivity contribution in [1.29, 1.82) is 0 Å². The number of nitrogens with two attached hydrogens (primary N) is 1. The summed E-state index contributed by atoms with van der Waals surface area (Å²) >= 11 is 0. The fourth-order valence-electron chi connectivity index (χ4n) is 4.99. The number of nitrogens with one attached hydrogen (secondary N) is 1. The molecule has 1 amide bonds. The lowest BCUT2D eigenvalue weighted by Gasteiger charge is -2.36. The number of primary amides is 1. The average molecular weight is 399 g/mol. The lowest BCUT2D eigenvalue weighted by Crippen LogP contribution is -2.32.